The number of ketones is 1. The second-order valence-corrected chi connectivity index (χ2v) is 7.65. The zero-order valence-corrected chi connectivity index (χ0v) is 16.7. The van der Waals surface area contributed by atoms with Crippen LogP contribution < -0.4 is 5.43 Å². The maximum absolute atomic E-state index is 13.3. The monoisotopic (exact) mass is 424 g/mol. The van der Waals surface area contributed by atoms with E-state index in [-0.39, 0.29) is 22.7 Å². The molecule has 0 amide bonds. The van der Waals surface area contributed by atoms with Crippen LogP contribution in [0, 0.1) is 6.92 Å². The van der Waals surface area contributed by atoms with Gasteiger partial charge in [-0.3, -0.25) is 14.3 Å². The number of hydrogen-bond donors (Lipinski definition) is 0. The lowest BCUT2D eigenvalue weighted by Crippen LogP contribution is -2.19. The van der Waals surface area contributed by atoms with E-state index in [0.29, 0.717) is 16.7 Å². The summed E-state index contributed by atoms with van der Waals surface area (Å²) in [5.74, 6) is -0.123. The van der Waals surface area contributed by atoms with Crippen LogP contribution in [0.3, 0.4) is 0 Å². The number of nitrogens with zero attached hydrogens (tertiary/aromatic N) is 2. The lowest BCUT2D eigenvalue weighted by atomic mass is 10.0. The molecule has 4 aromatic rings. The molecule has 0 atom stereocenters. The molecule has 0 saturated heterocycles. The minimum atomic E-state index is -0.418. The van der Waals surface area contributed by atoms with E-state index in [1.165, 1.54) is 0 Å². The van der Waals surface area contributed by atoms with Crippen LogP contribution in [0.15, 0.2) is 56.1 Å². The van der Waals surface area contributed by atoms with Crippen LogP contribution >= 0.6 is 15.9 Å². The minimum absolute atomic E-state index is 0.0276. The van der Waals surface area contributed by atoms with E-state index < -0.39 is 5.78 Å². The lowest BCUT2D eigenvalue weighted by Gasteiger charge is -2.06. The maximum Gasteiger partial charge on any atom is 0.221 e. The Bertz CT molecular complexity index is 1270. The molecule has 27 heavy (non-hydrogen) atoms. The van der Waals surface area contributed by atoms with E-state index in [0.717, 1.165) is 15.4 Å². The van der Waals surface area contributed by atoms with Crippen LogP contribution in [0.5, 0.6) is 0 Å². The van der Waals surface area contributed by atoms with E-state index in [1.807, 2.05) is 38.1 Å². The number of benzene rings is 2. The second-order valence-electron chi connectivity index (χ2n) is 6.74. The van der Waals surface area contributed by atoms with Gasteiger partial charge in [-0.15, -0.1) is 0 Å². The molecule has 0 aliphatic rings. The van der Waals surface area contributed by atoms with E-state index in [1.54, 1.807) is 29.8 Å². The molecule has 2 heterocycles. The summed E-state index contributed by atoms with van der Waals surface area (Å²) in [6.07, 6.45) is 0. The van der Waals surface area contributed by atoms with Crippen molar-refractivity contribution in [3.63, 3.8) is 0 Å². The highest BCUT2D eigenvalue weighted by Gasteiger charge is 2.25. The fourth-order valence-electron chi connectivity index (χ4n) is 3.31. The first-order valence-corrected chi connectivity index (χ1v) is 9.42. The maximum atomic E-state index is 13.3. The summed E-state index contributed by atoms with van der Waals surface area (Å²) >= 11 is 3.36. The largest absolute Gasteiger partial charge is 0.460 e. The van der Waals surface area contributed by atoms with Gasteiger partial charge in [-0.05, 0) is 45.0 Å². The highest BCUT2D eigenvalue weighted by molar-refractivity contribution is 9.10. The van der Waals surface area contributed by atoms with E-state index in [2.05, 4.69) is 21.0 Å². The van der Waals surface area contributed by atoms with Gasteiger partial charge in [0.15, 0.2) is 0 Å². The molecular formula is C21H17BrN2O3. The van der Waals surface area contributed by atoms with Crippen molar-refractivity contribution in [2.24, 2.45) is 0 Å². The van der Waals surface area contributed by atoms with E-state index in [9.17, 15) is 9.59 Å². The molecule has 0 bridgehead atoms. The van der Waals surface area contributed by atoms with Crippen LogP contribution in [0.4, 0.5) is 0 Å². The Balaban J connectivity index is 1.99. The summed E-state index contributed by atoms with van der Waals surface area (Å²) in [6, 6.07) is 12.8. The Labute approximate surface area is 163 Å². The molecule has 0 spiro atoms. The van der Waals surface area contributed by atoms with Gasteiger partial charge in [0, 0.05) is 15.9 Å². The van der Waals surface area contributed by atoms with Crippen molar-refractivity contribution in [3.8, 4) is 0 Å². The van der Waals surface area contributed by atoms with Gasteiger partial charge in [-0.25, -0.2) is 0 Å². The van der Waals surface area contributed by atoms with Gasteiger partial charge in [-0.2, -0.15) is 5.10 Å². The Morgan fingerprint density at radius 3 is 2.63 bits per heavy atom. The van der Waals surface area contributed by atoms with Gasteiger partial charge in [-0.1, -0.05) is 34.1 Å². The molecule has 4 rings (SSSR count). The third-order valence-corrected chi connectivity index (χ3v) is 5.07. The summed E-state index contributed by atoms with van der Waals surface area (Å²) in [7, 11) is 0. The standard InChI is InChI=1S/C21H17BrN2O3/c1-11(2)24-16-7-5-4-6-14(16)19(23-24)21(26)18-12(3)27-17-9-8-13(22)10-15(17)20(18)25/h4-11H,1-3H3. The number of fused-ring (bicyclic) bond motifs is 2. The fourth-order valence-corrected chi connectivity index (χ4v) is 3.67. The zero-order chi connectivity index (χ0) is 19.3. The predicted molar refractivity (Wildman–Crippen MR) is 108 cm³/mol. The number of halogens is 1. The first kappa shape index (κ1) is 17.7. The first-order valence-electron chi connectivity index (χ1n) is 8.63. The lowest BCUT2D eigenvalue weighted by molar-refractivity contribution is 0.103. The number of rotatable bonds is 3. The van der Waals surface area contributed by atoms with Crippen LogP contribution in [0.1, 0.15) is 41.7 Å². The van der Waals surface area contributed by atoms with Crippen LogP contribution in [-0.2, 0) is 0 Å². The van der Waals surface area contributed by atoms with Crippen LogP contribution in [0.2, 0.25) is 0 Å². The van der Waals surface area contributed by atoms with E-state index >= 15 is 0 Å². The molecule has 2 aromatic carbocycles. The topological polar surface area (TPSA) is 65.1 Å². The van der Waals surface area contributed by atoms with Crippen molar-refractivity contribution in [1.29, 1.82) is 0 Å². The molecule has 0 fully saturated rings. The van der Waals surface area contributed by atoms with Gasteiger partial charge in [0.05, 0.1) is 10.9 Å². The summed E-state index contributed by atoms with van der Waals surface area (Å²) in [4.78, 5) is 26.4. The van der Waals surface area contributed by atoms with Gasteiger partial charge in [0.1, 0.15) is 22.6 Å². The fraction of sp³-hybridized carbons (Fsp3) is 0.190. The SMILES string of the molecule is Cc1oc2ccc(Br)cc2c(=O)c1C(=O)c1nn(C(C)C)c2ccccc12. The summed E-state index contributed by atoms with van der Waals surface area (Å²) in [5, 5.41) is 5.62. The highest BCUT2D eigenvalue weighted by atomic mass is 79.9. The number of hydrogen-bond acceptors (Lipinski definition) is 4. The summed E-state index contributed by atoms with van der Waals surface area (Å²) in [6.45, 7) is 5.64. The van der Waals surface area contributed by atoms with Gasteiger partial charge < -0.3 is 4.42 Å². The molecule has 0 aliphatic heterocycles. The molecule has 0 saturated carbocycles. The molecule has 2 aromatic heterocycles. The minimum Gasteiger partial charge on any atom is -0.460 e. The number of aromatic nitrogens is 2. The Morgan fingerprint density at radius 2 is 1.89 bits per heavy atom. The average molecular weight is 425 g/mol. The molecule has 136 valence electrons. The number of para-hydroxylation sites is 1. The van der Waals surface area contributed by atoms with E-state index in [4.69, 9.17) is 4.42 Å². The highest BCUT2D eigenvalue weighted by Crippen LogP contribution is 2.25. The Hall–Kier alpha value is -2.73. The first-order chi connectivity index (χ1) is 12.9. The average Bonchev–Trinajstić information content (AvgIpc) is 3.02. The van der Waals surface area contributed by atoms with Gasteiger partial charge in [0.2, 0.25) is 11.2 Å². The van der Waals surface area contributed by atoms with Crippen molar-refractivity contribution in [1.82, 2.24) is 9.78 Å². The van der Waals surface area contributed by atoms with Crippen LogP contribution in [-0.4, -0.2) is 15.6 Å². The van der Waals surface area contributed by atoms with Crippen molar-refractivity contribution >= 4 is 43.6 Å². The number of carbonyl (C=O) groups is 1. The van der Waals surface area contributed by atoms with Crippen molar-refractivity contribution in [2.75, 3.05) is 0 Å². The molecule has 0 N–H and O–H groups in total. The molecule has 0 unspecified atom stereocenters. The summed E-state index contributed by atoms with van der Waals surface area (Å²) < 4.78 is 8.31. The molecular weight excluding hydrogens is 408 g/mol. The quantitative estimate of drug-likeness (QED) is 0.432. The molecule has 0 radical (unpaired) electrons. The third kappa shape index (κ3) is 2.80. The second kappa shape index (κ2) is 6.46. The number of carbonyl (C=O) groups excluding carboxylic acids is 1. The summed E-state index contributed by atoms with van der Waals surface area (Å²) in [5.41, 5.74) is 1.27. The molecule has 6 heteroatoms. The van der Waals surface area contributed by atoms with Gasteiger partial charge >= 0.3 is 0 Å². The molecule has 0 aliphatic carbocycles. The smallest absolute Gasteiger partial charge is 0.221 e. The normalized spacial score (nSPS) is 11.6. The Morgan fingerprint density at radius 1 is 1.15 bits per heavy atom. The zero-order valence-electron chi connectivity index (χ0n) is 15.1. The predicted octanol–water partition coefficient (Wildman–Crippen LogP) is 5.03. The molecule has 5 nitrogen and oxygen atoms in total. The van der Waals surface area contributed by atoms with Crippen molar-refractivity contribution in [2.45, 2.75) is 26.8 Å². The van der Waals surface area contributed by atoms with Crippen LogP contribution in [0.25, 0.3) is 21.9 Å². The Kier molecular flexibility index (Phi) is 4.23. The third-order valence-electron chi connectivity index (χ3n) is 4.57. The van der Waals surface area contributed by atoms with Crippen molar-refractivity contribution in [3.05, 3.63) is 74.2 Å². The van der Waals surface area contributed by atoms with Crippen molar-refractivity contribution < 1.29 is 9.21 Å². The number of aryl methyl sites for hydroxylation is 1. The van der Waals surface area contributed by atoms with Gasteiger partial charge in [0.25, 0.3) is 0 Å².